The van der Waals surface area contributed by atoms with E-state index in [0.717, 1.165) is 5.69 Å². The van der Waals surface area contributed by atoms with Crippen LogP contribution < -0.4 is 5.32 Å². The molecule has 1 aromatic rings. The number of nitrogens with one attached hydrogen (secondary N) is 1. The lowest BCUT2D eigenvalue weighted by Crippen LogP contribution is -2.53. The number of anilines is 1. The smallest absolute Gasteiger partial charge is 0.316 e. The second kappa shape index (κ2) is 4.78. The van der Waals surface area contributed by atoms with Crippen LogP contribution in [0, 0.1) is 5.41 Å². The van der Waals surface area contributed by atoms with Crippen molar-refractivity contribution in [3.63, 3.8) is 0 Å². The fraction of sp³-hybridized carbons (Fsp3) is 0.385. The number of ether oxygens (including phenoxy) is 1. The molecule has 1 saturated heterocycles. The van der Waals surface area contributed by atoms with E-state index in [-0.39, 0.29) is 19.0 Å². The van der Waals surface area contributed by atoms with Crippen molar-refractivity contribution >= 4 is 17.4 Å². The van der Waals surface area contributed by atoms with Gasteiger partial charge < -0.3 is 15.2 Å². The highest BCUT2D eigenvalue weighted by molar-refractivity contribution is 5.94. The molecule has 0 aliphatic carbocycles. The molecular formula is C13H15NO4. The zero-order chi connectivity index (χ0) is 13.2. The first-order valence-electron chi connectivity index (χ1n) is 5.69. The zero-order valence-corrected chi connectivity index (χ0v) is 10.1. The summed E-state index contributed by atoms with van der Waals surface area (Å²) in [7, 11) is 0. The van der Waals surface area contributed by atoms with E-state index in [1.54, 1.807) is 18.2 Å². The molecule has 0 amide bonds. The standard InChI is InChI=1S/C13H15NO4/c1-9(15)10-3-2-4-11(5-10)14-6-13(12(16)17)7-18-8-13/h2-5,14H,6-8H2,1H3,(H,16,17). The van der Waals surface area contributed by atoms with E-state index in [0.29, 0.717) is 12.1 Å². The van der Waals surface area contributed by atoms with Crippen LogP contribution in [0.3, 0.4) is 0 Å². The van der Waals surface area contributed by atoms with Gasteiger partial charge in [0.2, 0.25) is 0 Å². The van der Waals surface area contributed by atoms with Gasteiger partial charge in [0, 0.05) is 17.8 Å². The Morgan fingerprint density at radius 1 is 1.44 bits per heavy atom. The molecule has 1 aliphatic rings. The SMILES string of the molecule is CC(=O)c1cccc(NCC2(C(=O)O)COC2)c1. The van der Waals surface area contributed by atoms with Crippen LogP contribution in [0.1, 0.15) is 17.3 Å². The Balaban J connectivity index is 2.04. The van der Waals surface area contributed by atoms with E-state index < -0.39 is 11.4 Å². The minimum atomic E-state index is -0.857. The zero-order valence-electron chi connectivity index (χ0n) is 10.1. The maximum atomic E-state index is 11.2. The molecule has 0 radical (unpaired) electrons. The molecule has 5 nitrogen and oxygen atoms in total. The number of Topliss-reactive ketones (excluding diaryl/α,β-unsaturated/α-hetero) is 1. The maximum absolute atomic E-state index is 11.2. The number of hydrogen-bond acceptors (Lipinski definition) is 4. The average Bonchev–Trinajstić information content (AvgIpc) is 2.27. The van der Waals surface area contributed by atoms with Crippen LogP contribution in [0.25, 0.3) is 0 Å². The highest BCUT2D eigenvalue weighted by atomic mass is 16.5. The number of benzene rings is 1. The van der Waals surface area contributed by atoms with Gasteiger partial charge in [0.25, 0.3) is 0 Å². The summed E-state index contributed by atoms with van der Waals surface area (Å²) in [6.45, 7) is 2.24. The van der Waals surface area contributed by atoms with Gasteiger partial charge in [0.15, 0.2) is 5.78 Å². The summed E-state index contributed by atoms with van der Waals surface area (Å²) in [5, 5.41) is 12.2. The Morgan fingerprint density at radius 3 is 2.67 bits per heavy atom. The van der Waals surface area contributed by atoms with Crippen molar-refractivity contribution in [3.8, 4) is 0 Å². The molecule has 0 aromatic heterocycles. The van der Waals surface area contributed by atoms with E-state index in [1.165, 1.54) is 6.92 Å². The minimum absolute atomic E-state index is 0.0152. The number of carbonyl (C=O) groups is 2. The second-order valence-electron chi connectivity index (χ2n) is 4.57. The van der Waals surface area contributed by atoms with Crippen LogP contribution in [0.15, 0.2) is 24.3 Å². The Bertz CT molecular complexity index is 480. The Morgan fingerprint density at radius 2 is 2.17 bits per heavy atom. The maximum Gasteiger partial charge on any atom is 0.316 e. The normalized spacial score (nSPS) is 16.7. The third-order valence-corrected chi connectivity index (χ3v) is 3.11. The highest BCUT2D eigenvalue weighted by Gasteiger charge is 2.46. The number of ketones is 1. The van der Waals surface area contributed by atoms with Gasteiger partial charge in [-0.2, -0.15) is 0 Å². The summed E-state index contributed by atoms with van der Waals surface area (Å²) in [4.78, 5) is 22.4. The highest BCUT2D eigenvalue weighted by Crippen LogP contribution is 2.28. The fourth-order valence-electron chi connectivity index (χ4n) is 1.77. The van der Waals surface area contributed by atoms with Crippen molar-refractivity contribution in [2.75, 3.05) is 25.1 Å². The van der Waals surface area contributed by atoms with E-state index in [9.17, 15) is 9.59 Å². The Labute approximate surface area is 105 Å². The summed E-state index contributed by atoms with van der Waals surface area (Å²) in [6.07, 6.45) is 0. The van der Waals surface area contributed by atoms with Crippen LogP contribution >= 0.6 is 0 Å². The number of hydrogen-bond donors (Lipinski definition) is 2. The summed E-state index contributed by atoms with van der Waals surface area (Å²) < 4.78 is 4.97. The lowest BCUT2D eigenvalue weighted by molar-refractivity contribution is -0.176. The monoisotopic (exact) mass is 249 g/mol. The van der Waals surface area contributed by atoms with Crippen molar-refractivity contribution in [3.05, 3.63) is 29.8 Å². The van der Waals surface area contributed by atoms with Crippen molar-refractivity contribution in [1.29, 1.82) is 0 Å². The summed E-state index contributed by atoms with van der Waals surface area (Å²) >= 11 is 0. The van der Waals surface area contributed by atoms with Crippen LogP contribution in [-0.2, 0) is 9.53 Å². The van der Waals surface area contributed by atoms with Gasteiger partial charge in [-0.3, -0.25) is 9.59 Å². The molecule has 1 heterocycles. The molecule has 2 rings (SSSR count). The molecule has 1 fully saturated rings. The minimum Gasteiger partial charge on any atom is -0.481 e. The molecule has 18 heavy (non-hydrogen) atoms. The van der Waals surface area contributed by atoms with Crippen molar-refractivity contribution in [2.45, 2.75) is 6.92 Å². The van der Waals surface area contributed by atoms with Gasteiger partial charge in [-0.05, 0) is 19.1 Å². The van der Waals surface area contributed by atoms with Crippen molar-refractivity contribution in [2.24, 2.45) is 5.41 Å². The molecule has 2 N–H and O–H groups in total. The molecule has 0 atom stereocenters. The lowest BCUT2D eigenvalue weighted by atomic mass is 9.86. The largest absolute Gasteiger partial charge is 0.481 e. The van der Waals surface area contributed by atoms with Crippen LogP contribution in [0.5, 0.6) is 0 Å². The first-order chi connectivity index (χ1) is 8.53. The molecular weight excluding hydrogens is 234 g/mol. The molecule has 96 valence electrons. The van der Waals surface area contributed by atoms with E-state index in [4.69, 9.17) is 9.84 Å². The molecule has 0 unspecified atom stereocenters. The summed E-state index contributed by atoms with van der Waals surface area (Å²) in [5.41, 5.74) is 0.510. The van der Waals surface area contributed by atoms with Crippen LogP contribution in [-0.4, -0.2) is 36.6 Å². The second-order valence-corrected chi connectivity index (χ2v) is 4.57. The number of rotatable bonds is 5. The number of aliphatic carboxylic acids is 1. The summed E-state index contributed by atoms with van der Waals surface area (Å²) in [6, 6.07) is 7.02. The van der Waals surface area contributed by atoms with Gasteiger partial charge in [-0.15, -0.1) is 0 Å². The first kappa shape index (κ1) is 12.6. The quantitative estimate of drug-likeness (QED) is 0.771. The number of carboxylic acid groups (broad SMARTS) is 1. The fourth-order valence-corrected chi connectivity index (χ4v) is 1.77. The number of carboxylic acids is 1. The van der Waals surface area contributed by atoms with Gasteiger partial charge >= 0.3 is 5.97 Å². The van der Waals surface area contributed by atoms with Gasteiger partial charge in [-0.1, -0.05) is 12.1 Å². The predicted octanol–water partition coefficient (Wildman–Crippen LogP) is 1.40. The van der Waals surface area contributed by atoms with E-state index >= 15 is 0 Å². The third kappa shape index (κ3) is 2.36. The van der Waals surface area contributed by atoms with Gasteiger partial charge in [-0.25, -0.2) is 0 Å². The topological polar surface area (TPSA) is 75.6 Å². The Hall–Kier alpha value is -1.88. The third-order valence-electron chi connectivity index (χ3n) is 3.11. The van der Waals surface area contributed by atoms with Crippen molar-refractivity contribution < 1.29 is 19.4 Å². The average molecular weight is 249 g/mol. The molecule has 0 bridgehead atoms. The van der Waals surface area contributed by atoms with Crippen LogP contribution in [0.2, 0.25) is 0 Å². The number of carbonyl (C=O) groups excluding carboxylic acids is 1. The predicted molar refractivity (Wildman–Crippen MR) is 65.8 cm³/mol. The van der Waals surface area contributed by atoms with E-state index in [1.807, 2.05) is 6.07 Å². The summed E-state index contributed by atoms with van der Waals surface area (Å²) in [5.74, 6) is -0.873. The molecule has 0 spiro atoms. The molecule has 1 aromatic carbocycles. The van der Waals surface area contributed by atoms with Crippen LogP contribution in [0.4, 0.5) is 5.69 Å². The molecule has 5 heteroatoms. The van der Waals surface area contributed by atoms with Gasteiger partial charge in [0.1, 0.15) is 5.41 Å². The lowest BCUT2D eigenvalue weighted by Gasteiger charge is -2.37. The van der Waals surface area contributed by atoms with Gasteiger partial charge in [0.05, 0.1) is 13.2 Å². The first-order valence-corrected chi connectivity index (χ1v) is 5.69. The van der Waals surface area contributed by atoms with Crippen molar-refractivity contribution in [1.82, 2.24) is 0 Å². The molecule has 0 saturated carbocycles. The van der Waals surface area contributed by atoms with E-state index in [2.05, 4.69) is 5.32 Å². The molecule has 1 aliphatic heterocycles. The Kier molecular flexibility index (Phi) is 3.34.